The number of benzene rings is 1. The zero-order chi connectivity index (χ0) is 13.4. The molecular weight excluding hydrogens is 298 g/mol. The van der Waals surface area contributed by atoms with Gasteiger partial charge in [0.05, 0.1) is 12.2 Å². The lowest BCUT2D eigenvalue weighted by atomic mass is 10.3. The second-order valence-electron chi connectivity index (χ2n) is 3.64. The predicted octanol–water partition coefficient (Wildman–Crippen LogP) is 2.10. The van der Waals surface area contributed by atoms with Crippen LogP contribution in [0.3, 0.4) is 0 Å². The van der Waals surface area contributed by atoms with E-state index in [9.17, 15) is 9.59 Å². The van der Waals surface area contributed by atoms with Crippen LogP contribution in [-0.4, -0.2) is 25.0 Å². The van der Waals surface area contributed by atoms with E-state index in [0.29, 0.717) is 12.2 Å². The first-order valence-electron chi connectivity index (χ1n) is 5.69. The number of halogens is 1. The van der Waals surface area contributed by atoms with Crippen molar-refractivity contribution in [2.45, 2.75) is 13.3 Å². The number of urea groups is 1. The Morgan fingerprint density at radius 1 is 1.22 bits per heavy atom. The highest BCUT2D eigenvalue weighted by Gasteiger charge is 2.06. The molecule has 1 rings (SSSR count). The van der Waals surface area contributed by atoms with Crippen molar-refractivity contribution in [3.63, 3.8) is 0 Å². The molecule has 0 fully saturated rings. The van der Waals surface area contributed by atoms with Gasteiger partial charge in [-0.15, -0.1) is 0 Å². The summed E-state index contributed by atoms with van der Waals surface area (Å²) in [6.45, 7) is 2.55. The van der Waals surface area contributed by atoms with E-state index >= 15 is 0 Å². The summed E-state index contributed by atoms with van der Waals surface area (Å²) in [6, 6.07) is 6.85. The number of amides is 3. The van der Waals surface area contributed by atoms with E-state index in [1.165, 1.54) is 0 Å². The maximum atomic E-state index is 11.5. The Morgan fingerprint density at radius 2 is 1.94 bits per heavy atom. The predicted molar refractivity (Wildman–Crippen MR) is 74.5 cm³/mol. The number of hydrogen-bond acceptors (Lipinski definition) is 2. The summed E-state index contributed by atoms with van der Waals surface area (Å²) in [5.74, 6) is -0.195. The van der Waals surface area contributed by atoms with Crippen LogP contribution in [0.4, 0.5) is 10.5 Å². The molecule has 0 aromatic heterocycles. The molecule has 0 saturated heterocycles. The highest BCUT2D eigenvalue weighted by molar-refractivity contribution is 9.10. The van der Waals surface area contributed by atoms with Crippen LogP contribution in [-0.2, 0) is 4.79 Å². The lowest BCUT2D eigenvalue weighted by Crippen LogP contribution is -2.39. The van der Waals surface area contributed by atoms with Gasteiger partial charge >= 0.3 is 6.03 Å². The molecule has 0 atom stereocenters. The number of para-hydroxylation sites is 1. The number of hydrogen-bond donors (Lipinski definition) is 3. The van der Waals surface area contributed by atoms with Crippen LogP contribution in [0.1, 0.15) is 13.3 Å². The largest absolute Gasteiger partial charge is 0.355 e. The minimum Gasteiger partial charge on any atom is -0.355 e. The van der Waals surface area contributed by atoms with E-state index in [1.54, 1.807) is 6.07 Å². The zero-order valence-corrected chi connectivity index (χ0v) is 11.7. The lowest BCUT2D eigenvalue weighted by molar-refractivity contribution is -0.120. The van der Waals surface area contributed by atoms with Crippen molar-refractivity contribution in [1.29, 1.82) is 0 Å². The van der Waals surface area contributed by atoms with Gasteiger partial charge in [0, 0.05) is 11.0 Å². The number of rotatable bonds is 5. The van der Waals surface area contributed by atoms with Gasteiger partial charge in [-0.3, -0.25) is 4.79 Å². The Labute approximate surface area is 114 Å². The molecule has 6 heteroatoms. The molecule has 18 heavy (non-hydrogen) atoms. The number of carbonyl (C=O) groups is 2. The summed E-state index contributed by atoms with van der Waals surface area (Å²) in [6.07, 6.45) is 0.870. The van der Waals surface area contributed by atoms with Gasteiger partial charge in [0.25, 0.3) is 0 Å². The molecule has 0 aliphatic heterocycles. The second kappa shape index (κ2) is 7.71. The SMILES string of the molecule is CCCNC(=O)CNC(=O)Nc1ccccc1Br. The zero-order valence-electron chi connectivity index (χ0n) is 10.1. The molecule has 0 unspecified atom stereocenters. The Hall–Kier alpha value is -1.56. The molecule has 3 N–H and O–H groups in total. The third kappa shape index (κ3) is 5.18. The van der Waals surface area contributed by atoms with Crippen LogP contribution in [0.25, 0.3) is 0 Å². The van der Waals surface area contributed by atoms with Gasteiger partial charge in [0.2, 0.25) is 5.91 Å². The van der Waals surface area contributed by atoms with Crippen molar-refractivity contribution >= 4 is 33.6 Å². The standard InChI is InChI=1S/C12H16BrN3O2/c1-2-7-14-11(17)8-15-12(18)16-10-6-4-3-5-9(10)13/h3-6H,2,7-8H2,1H3,(H,14,17)(H2,15,16,18). The van der Waals surface area contributed by atoms with E-state index in [0.717, 1.165) is 10.9 Å². The first-order chi connectivity index (χ1) is 8.63. The molecule has 0 radical (unpaired) electrons. The molecule has 5 nitrogen and oxygen atoms in total. The quantitative estimate of drug-likeness (QED) is 0.779. The molecule has 1 aromatic rings. The third-order valence-electron chi connectivity index (χ3n) is 2.10. The third-order valence-corrected chi connectivity index (χ3v) is 2.80. The van der Waals surface area contributed by atoms with Crippen LogP contribution >= 0.6 is 15.9 Å². The van der Waals surface area contributed by atoms with E-state index in [-0.39, 0.29) is 12.5 Å². The second-order valence-corrected chi connectivity index (χ2v) is 4.49. The van der Waals surface area contributed by atoms with Crippen LogP contribution < -0.4 is 16.0 Å². The van der Waals surface area contributed by atoms with Gasteiger partial charge in [-0.05, 0) is 34.5 Å². The van der Waals surface area contributed by atoms with Crippen LogP contribution in [0.2, 0.25) is 0 Å². The minimum absolute atomic E-state index is 0.0315. The number of anilines is 1. The van der Waals surface area contributed by atoms with Crippen LogP contribution in [0, 0.1) is 0 Å². The summed E-state index contributed by atoms with van der Waals surface area (Å²) in [7, 11) is 0. The average Bonchev–Trinajstić information content (AvgIpc) is 2.36. The Bertz CT molecular complexity index is 424. The van der Waals surface area contributed by atoms with E-state index < -0.39 is 6.03 Å². The molecule has 0 spiro atoms. The Balaban J connectivity index is 2.34. The average molecular weight is 314 g/mol. The van der Waals surface area contributed by atoms with Crippen molar-refractivity contribution in [2.24, 2.45) is 0 Å². The summed E-state index contributed by atoms with van der Waals surface area (Å²) < 4.78 is 0.788. The monoisotopic (exact) mass is 313 g/mol. The van der Waals surface area contributed by atoms with Crippen molar-refractivity contribution in [1.82, 2.24) is 10.6 Å². The highest BCUT2D eigenvalue weighted by atomic mass is 79.9. The van der Waals surface area contributed by atoms with E-state index in [1.807, 2.05) is 25.1 Å². The van der Waals surface area contributed by atoms with Gasteiger partial charge in [-0.25, -0.2) is 4.79 Å². The molecule has 0 heterocycles. The van der Waals surface area contributed by atoms with Crippen molar-refractivity contribution in [3.05, 3.63) is 28.7 Å². The van der Waals surface area contributed by atoms with Gasteiger partial charge in [-0.2, -0.15) is 0 Å². The fourth-order valence-corrected chi connectivity index (χ4v) is 1.60. The van der Waals surface area contributed by atoms with Crippen LogP contribution in [0.15, 0.2) is 28.7 Å². The maximum Gasteiger partial charge on any atom is 0.319 e. The molecule has 98 valence electrons. The molecule has 0 bridgehead atoms. The molecule has 1 aromatic carbocycles. The number of nitrogens with one attached hydrogen (secondary N) is 3. The molecular formula is C12H16BrN3O2. The summed E-state index contributed by atoms with van der Waals surface area (Å²) in [5, 5.41) is 7.80. The topological polar surface area (TPSA) is 70.2 Å². The van der Waals surface area contributed by atoms with Gasteiger partial charge in [0.1, 0.15) is 0 Å². The molecule has 0 saturated carbocycles. The summed E-state index contributed by atoms with van der Waals surface area (Å²) >= 11 is 3.32. The van der Waals surface area contributed by atoms with E-state index in [4.69, 9.17) is 0 Å². The van der Waals surface area contributed by atoms with Gasteiger partial charge in [0.15, 0.2) is 0 Å². The van der Waals surface area contributed by atoms with Gasteiger partial charge < -0.3 is 16.0 Å². The fourth-order valence-electron chi connectivity index (χ4n) is 1.22. The lowest BCUT2D eigenvalue weighted by Gasteiger charge is -2.09. The fraction of sp³-hybridized carbons (Fsp3) is 0.333. The first-order valence-corrected chi connectivity index (χ1v) is 6.49. The highest BCUT2D eigenvalue weighted by Crippen LogP contribution is 2.20. The molecule has 0 aliphatic rings. The normalized spacial score (nSPS) is 9.67. The molecule has 0 aliphatic carbocycles. The summed E-state index contributed by atoms with van der Waals surface area (Å²) in [4.78, 5) is 22.8. The number of carbonyl (C=O) groups excluding carboxylic acids is 2. The Kier molecular flexibility index (Phi) is 6.21. The smallest absolute Gasteiger partial charge is 0.319 e. The maximum absolute atomic E-state index is 11.5. The van der Waals surface area contributed by atoms with Crippen molar-refractivity contribution in [2.75, 3.05) is 18.4 Å². The van der Waals surface area contributed by atoms with Crippen molar-refractivity contribution in [3.8, 4) is 0 Å². The first kappa shape index (κ1) is 14.5. The van der Waals surface area contributed by atoms with Crippen molar-refractivity contribution < 1.29 is 9.59 Å². The molecule has 3 amide bonds. The van der Waals surface area contributed by atoms with Crippen LogP contribution in [0.5, 0.6) is 0 Å². The van der Waals surface area contributed by atoms with Gasteiger partial charge in [-0.1, -0.05) is 19.1 Å². The minimum atomic E-state index is -0.409. The summed E-state index contributed by atoms with van der Waals surface area (Å²) in [5.41, 5.74) is 0.656. The Morgan fingerprint density at radius 3 is 2.61 bits per heavy atom. The van der Waals surface area contributed by atoms with E-state index in [2.05, 4.69) is 31.9 Å².